The van der Waals surface area contributed by atoms with Crippen molar-refractivity contribution in [3.63, 3.8) is 0 Å². The van der Waals surface area contributed by atoms with Crippen LogP contribution in [0.4, 0.5) is 0 Å². The lowest BCUT2D eigenvalue weighted by Crippen LogP contribution is -2.58. The van der Waals surface area contributed by atoms with Gasteiger partial charge in [-0.2, -0.15) is 0 Å². The van der Waals surface area contributed by atoms with Gasteiger partial charge in [0.25, 0.3) is 0 Å². The average Bonchev–Trinajstić information content (AvgIpc) is 2.19. The zero-order valence-electron chi connectivity index (χ0n) is 8.46. The number of hydrogen-bond acceptors (Lipinski definition) is 2. The molecule has 4 heteroatoms. The van der Waals surface area contributed by atoms with E-state index in [4.69, 9.17) is 0 Å². The van der Waals surface area contributed by atoms with E-state index in [0.29, 0.717) is 13.0 Å². The summed E-state index contributed by atoms with van der Waals surface area (Å²) in [6.07, 6.45) is 0.628. The van der Waals surface area contributed by atoms with E-state index < -0.39 is 0 Å². The van der Waals surface area contributed by atoms with Crippen LogP contribution in [0.5, 0.6) is 0 Å². The number of nitrogens with one attached hydrogen (secondary N) is 1. The summed E-state index contributed by atoms with van der Waals surface area (Å²) in [5.41, 5.74) is 0. The molecule has 0 aromatic rings. The third-order valence-corrected chi connectivity index (χ3v) is 2.23. The number of rotatable bonds is 2. The van der Waals surface area contributed by atoms with E-state index in [1.54, 1.807) is 6.92 Å². The highest BCUT2D eigenvalue weighted by Crippen LogP contribution is 2.08. The van der Waals surface area contributed by atoms with Crippen molar-refractivity contribution in [1.29, 1.82) is 0 Å². The van der Waals surface area contributed by atoms with E-state index in [0.717, 1.165) is 0 Å². The molecule has 76 valence electrons. The quantitative estimate of drug-likeness (QED) is 0.616. The summed E-state index contributed by atoms with van der Waals surface area (Å²) in [5, 5.41) is 2.56. The lowest BCUT2D eigenvalue weighted by Gasteiger charge is -2.32. The Morgan fingerprint density at radius 3 is 2.86 bits per heavy atom. The topological polar surface area (TPSA) is 49.4 Å². The number of nitrogens with zero attached hydrogens (tertiary/aromatic N) is 1. The number of carbonyl (C=O) groups excluding carboxylic acids is 2. The fourth-order valence-corrected chi connectivity index (χ4v) is 1.47. The van der Waals surface area contributed by atoms with Crippen LogP contribution in [0.25, 0.3) is 0 Å². The van der Waals surface area contributed by atoms with E-state index in [1.165, 1.54) is 4.90 Å². The SMILES string of the molecule is CC#CCN1C(=O)CNC(=O)C1CC. The van der Waals surface area contributed by atoms with Gasteiger partial charge in [-0.05, 0) is 13.3 Å². The van der Waals surface area contributed by atoms with Gasteiger partial charge in [0.1, 0.15) is 6.04 Å². The van der Waals surface area contributed by atoms with Crippen LogP contribution in [-0.2, 0) is 9.59 Å². The third-order valence-electron chi connectivity index (χ3n) is 2.23. The molecule has 0 aromatic carbocycles. The molecule has 1 aliphatic heterocycles. The van der Waals surface area contributed by atoms with E-state index in [9.17, 15) is 9.59 Å². The first-order valence-electron chi connectivity index (χ1n) is 4.67. The number of piperazine rings is 1. The van der Waals surface area contributed by atoms with Gasteiger partial charge in [-0.1, -0.05) is 12.8 Å². The van der Waals surface area contributed by atoms with Crippen molar-refractivity contribution in [1.82, 2.24) is 10.2 Å². The van der Waals surface area contributed by atoms with Crippen LogP contribution >= 0.6 is 0 Å². The van der Waals surface area contributed by atoms with Crippen LogP contribution in [0.3, 0.4) is 0 Å². The molecule has 0 radical (unpaired) electrons. The second-order valence-corrected chi connectivity index (χ2v) is 3.09. The second kappa shape index (κ2) is 4.66. The smallest absolute Gasteiger partial charge is 0.243 e. The Balaban J connectivity index is 2.76. The largest absolute Gasteiger partial charge is 0.345 e. The van der Waals surface area contributed by atoms with Crippen LogP contribution in [0, 0.1) is 11.8 Å². The number of carbonyl (C=O) groups is 2. The normalized spacial score (nSPS) is 21.3. The Morgan fingerprint density at radius 1 is 1.57 bits per heavy atom. The highest BCUT2D eigenvalue weighted by atomic mass is 16.2. The highest BCUT2D eigenvalue weighted by molar-refractivity contribution is 5.94. The van der Waals surface area contributed by atoms with Gasteiger partial charge in [0.15, 0.2) is 0 Å². The molecule has 1 heterocycles. The molecule has 0 aliphatic carbocycles. The average molecular weight is 194 g/mol. The van der Waals surface area contributed by atoms with Crippen LogP contribution < -0.4 is 5.32 Å². The van der Waals surface area contributed by atoms with Gasteiger partial charge in [-0.3, -0.25) is 9.59 Å². The molecule has 1 N–H and O–H groups in total. The molecular weight excluding hydrogens is 180 g/mol. The van der Waals surface area contributed by atoms with Crippen molar-refractivity contribution in [2.75, 3.05) is 13.1 Å². The maximum absolute atomic E-state index is 11.5. The summed E-state index contributed by atoms with van der Waals surface area (Å²) in [6, 6.07) is -0.350. The standard InChI is InChI=1S/C10H14N2O2/c1-3-5-6-12-8(4-2)10(14)11-7-9(12)13/h8H,4,6-7H2,1-2H3,(H,11,14). The van der Waals surface area contributed by atoms with Gasteiger partial charge in [0.05, 0.1) is 13.1 Å². The Bertz CT molecular complexity index is 301. The minimum Gasteiger partial charge on any atom is -0.345 e. The molecular formula is C10H14N2O2. The van der Waals surface area contributed by atoms with Crippen LogP contribution in [0.2, 0.25) is 0 Å². The van der Waals surface area contributed by atoms with Gasteiger partial charge in [-0.25, -0.2) is 0 Å². The zero-order chi connectivity index (χ0) is 10.6. The van der Waals surface area contributed by atoms with E-state index in [-0.39, 0.29) is 24.4 Å². The van der Waals surface area contributed by atoms with Crippen molar-refractivity contribution in [3.8, 4) is 11.8 Å². The Morgan fingerprint density at radius 2 is 2.29 bits per heavy atom. The summed E-state index contributed by atoms with van der Waals surface area (Å²) in [5.74, 6) is 5.39. The van der Waals surface area contributed by atoms with Gasteiger partial charge < -0.3 is 10.2 Å². The molecule has 1 atom stereocenters. The number of hydrogen-bond donors (Lipinski definition) is 1. The first-order valence-corrected chi connectivity index (χ1v) is 4.67. The van der Waals surface area contributed by atoms with Crippen LogP contribution in [-0.4, -0.2) is 35.8 Å². The molecule has 1 rings (SSSR count). The fraction of sp³-hybridized carbons (Fsp3) is 0.600. The molecule has 2 amide bonds. The van der Waals surface area contributed by atoms with Gasteiger partial charge in [-0.15, -0.1) is 5.92 Å². The first kappa shape index (κ1) is 10.6. The Labute approximate surface area is 83.6 Å². The van der Waals surface area contributed by atoms with Gasteiger partial charge >= 0.3 is 0 Å². The molecule has 1 saturated heterocycles. The van der Waals surface area contributed by atoms with Gasteiger partial charge in [0.2, 0.25) is 11.8 Å². The Kier molecular flexibility index (Phi) is 3.52. The maximum atomic E-state index is 11.5. The predicted octanol–water partition coefficient (Wildman–Crippen LogP) is -0.253. The molecule has 0 saturated carbocycles. The molecule has 0 bridgehead atoms. The zero-order valence-corrected chi connectivity index (χ0v) is 8.46. The molecule has 1 unspecified atom stereocenters. The summed E-state index contributed by atoms with van der Waals surface area (Å²) in [7, 11) is 0. The third kappa shape index (κ3) is 2.05. The maximum Gasteiger partial charge on any atom is 0.243 e. The predicted molar refractivity (Wildman–Crippen MR) is 52.3 cm³/mol. The van der Waals surface area contributed by atoms with E-state index in [1.807, 2.05) is 6.92 Å². The summed E-state index contributed by atoms with van der Waals surface area (Å²) in [6.45, 7) is 4.05. The minimum atomic E-state index is -0.350. The first-order chi connectivity index (χ1) is 6.70. The van der Waals surface area contributed by atoms with Gasteiger partial charge in [0, 0.05) is 0 Å². The van der Waals surface area contributed by atoms with Crippen molar-refractivity contribution < 1.29 is 9.59 Å². The summed E-state index contributed by atoms with van der Waals surface area (Å²) < 4.78 is 0. The second-order valence-electron chi connectivity index (χ2n) is 3.09. The van der Waals surface area contributed by atoms with Crippen molar-refractivity contribution >= 4 is 11.8 Å². The highest BCUT2D eigenvalue weighted by Gasteiger charge is 2.32. The number of amides is 2. The van der Waals surface area contributed by atoms with Crippen molar-refractivity contribution in [3.05, 3.63) is 0 Å². The minimum absolute atomic E-state index is 0.0563. The Hall–Kier alpha value is -1.50. The molecule has 4 nitrogen and oxygen atoms in total. The molecule has 14 heavy (non-hydrogen) atoms. The summed E-state index contributed by atoms with van der Waals surface area (Å²) >= 11 is 0. The molecule has 0 spiro atoms. The molecule has 0 aromatic heterocycles. The van der Waals surface area contributed by atoms with Crippen molar-refractivity contribution in [2.45, 2.75) is 26.3 Å². The summed E-state index contributed by atoms with van der Waals surface area (Å²) in [4.78, 5) is 24.4. The van der Waals surface area contributed by atoms with E-state index >= 15 is 0 Å². The van der Waals surface area contributed by atoms with Crippen LogP contribution in [0.15, 0.2) is 0 Å². The van der Waals surface area contributed by atoms with E-state index in [2.05, 4.69) is 17.2 Å². The fourth-order valence-electron chi connectivity index (χ4n) is 1.47. The lowest BCUT2D eigenvalue weighted by molar-refractivity contribution is -0.144. The van der Waals surface area contributed by atoms with Crippen molar-refractivity contribution in [2.24, 2.45) is 0 Å². The van der Waals surface area contributed by atoms with Crippen LogP contribution in [0.1, 0.15) is 20.3 Å². The lowest BCUT2D eigenvalue weighted by atomic mass is 10.1. The monoisotopic (exact) mass is 194 g/mol. The molecule has 1 fully saturated rings. The molecule has 1 aliphatic rings.